The largest absolute Gasteiger partial charge is 0.491 e. The van der Waals surface area contributed by atoms with Crippen LogP contribution in [-0.2, 0) is 12.0 Å². The van der Waals surface area contributed by atoms with Crippen LogP contribution in [0.5, 0.6) is 5.75 Å². The van der Waals surface area contributed by atoms with Crippen molar-refractivity contribution in [2.24, 2.45) is 0 Å². The number of nitrogens with zero attached hydrogens (tertiary/aromatic N) is 2. The van der Waals surface area contributed by atoms with Crippen molar-refractivity contribution in [3.8, 4) is 5.75 Å². The first-order valence-corrected chi connectivity index (χ1v) is 9.30. The highest BCUT2D eigenvalue weighted by Crippen LogP contribution is 2.25. The second-order valence-electron chi connectivity index (χ2n) is 7.98. The van der Waals surface area contributed by atoms with E-state index in [1.165, 1.54) is 5.56 Å². The Morgan fingerprint density at radius 1 is 1.04 bits per heavy atom. The molecule has 0 aliphatic heterocycles. The van der Waals surface area contributed by atoms with E-state index in [2.05, 4.69) is 37.9 Å². The normalized spacial score (nSPS) is 14.3. The first kappa shape index (κ1) is 19.4. The molecule has 2 N–H and O–H groups in total. The molecule has 0 saturated heterocycles. The van der Waals surface area contributed by atoms with E-state index in [0.717, 1.165) is 16.8 Å². The summed E-state index contributed by atoms with van der Waals surface area (Å²) in [5.41, 5.74) is 3.03. The highest BCUT2D eigenvalue weighted by Gasteiger charge is 2.18. The molecule has 3 rings (SSSR count). The number of rotatable bonds is 6. The molecule has 0 fully saturated rings. The summed E-state index contributed by atoms with van der Waals surface area (Å²) in [4.78, 5) is 4.48. The second kappa shape index (κ2) is 7.71. The lowest BCUT2D eigenvalue weighted by Gasteiger charge is -2.20. The van der Waals surface area contributed by atoms with Gasteiger partial charge in [-0.05, 0) is 42.2 Å². The molecule has 0 amide bonds. The molecule has 0 unspecified atom stereocenters. The van der Waals surface area contributed by atoms with Crippen LogP contribution in [0.4, 0.5) is 0 Å². The summed E-state index contributed by atoms with van der Waals surface area (Å²) in [7, 11) is 0. The van der Waals surface area contributed by atoms with Crippen LogP contribution in [0.15, 0.2) is 48.5 Å². The van der Waals surface area contributed by atoms with E-state index in [1.807, 2.05) is 41.0 Å². The second-order valence-corrected chi connectivity index (χ2v) is 7.98. The number of aliphatic hydroxyl groups excluding tert-OH is 2. The van der Waals surface area contributed by atoms with Gasteiger partial charge in [0.15, 0.2) is 0 Å². The Hall–Kier alpha value is -2.37. The lowest BCUT2D eigenvalue weighted by atomic mass is 9.87. The smallest absolute Gasteiger partial charge is 0.138 e. The number of hydrogen-bond acceptors (Lipinski definition) is 4. The average molecular weight is 368 g/mol. The SMILES string of the molecule is C[C@H](O)c1nc2ccccc2n1C[C@@H](O)COc1ccc(C(C)(C)C)cc1. The third-order valence-corrected chi connectivity index (χ3v) is 4.61. The van der Waals surface area contributed by atoms with Gasteiger partial charge in [-0.3, -0.25) is 0 Å². The highest BCUT2D eigenvalue weighted by molar-refractivity contribution is 5.76. The van der Waals surface area contributed by atoms with Gasteiger partial charge in [0.1, 0.15) is 30.4 Å². The van der Waals surface area contributed by atoms with Crippen LogP contribution in [0.3, 0.4) is 0 Å². The Labute approximate surface area is 160 Å². The minimum Gasteiger partial charge on any atom is -0.491 e. The Balaban J connectivity index is 1.68. The van der Waals surface area contributed by atoms with Crippen LogP contribution in [0.2, 0.25) is 0 Å². The van der Waals surface area contributed by atoms with E-state index >= 15 is 0 Å². The van der Waals surface area contributed by atoms with Crippen molar-refractivity contribution in [2.75, 3.05) is 6.61 Å². The lowest BCUT2D eigenvalue weighted by molar-refractivity contribution is 0.0895. The highest BCUT2D eigenvalue weighted by atomic mass is 16.5. The molecular formula is C22H28N2O3. The molecular weight excluding hydrogens is 340 g/mol. The molecule has 0 aliphatic carbocycles. The van der Waals surface area contributed by atoms with Gasteiger partial charge < -0.3 is 19.5 Å². The topological polar surface area (TPSA) is 67.5 Å². The molecule has 5 heteroatoms. The fourth-order valence-electron chi connectivity index (χ4n) is 3.11. The monoisotopic (exact) mass is 368 g/mol. The van der Waals surface area contributed by atoms with Gasteiger partial charge in [0.05, 0.1) is 17.6 Å². The van der Waals surface area contributed by atoms with Crippen LogP contribution in [0.1, 0.15) is 45.2 Å². The van der Waals surface area contributed by atoms with Gasteiger partial charge in [-0.1, -0.05) is 45.0 Å². The molecule has 0 saturated carbocycles. The number of para-hydroxylation sites is 2. The van der Waals surface area contributed by atoms with E-state index in [-0.39, 0.29) is 12.0 Å². The summed E-state index contributed by atoms with van der Waals surface area (Å²) in [6.07, 6.45) is -1.43. The summed E-state index contributed by atoms with van der Waals surface area (Å²) in [5.74, 6) is 1.28. The molecule has 5 nitrogen and oxygen atoms in total. The minimum atomic E-state index is -0.720. The number of benzene rings is 2. The molecule has 0 bridgehead atoms. The molecule has 0 spiro atoms. The first-order valence-electron chi connectivity index (χ1n) is 9.30. The zero-order valence-corrected chi connectivity index (χ0v) is 16.4. The molecule has 2 aromatic carbocycles. The Bertz CT molecular complexity index is 892. The summed E-state index contributed by atoms with van der Waals surface area (Å²) in [5, 5.41) is 20.5. The predicted octanol–water partition coefficient (Wildman–Crippen LogP) is 3.83. The van der Waals surface area contributed by atoms with Crippen molar-refractivity contribution < 1.29 is 14.9 Å². The summed E-state index contributed by atoms with van der Waals surface area (Å²) in [6, 6.07) is 15.6. The maximum atomic E-state index is 10.5. The van der Waals surface area contributed by atoms with Crippen molar-refractivity contribution in [2.45, 2.75) is 51.9 Å². The molecule has 27 heavy (non-hydrogen) atoms. The predicted molar refractivity (Wildman–Crippen MR) is 107 cm³/mol. The van der Waals surface area contributed by atoms with Crippen LogP contribution in [0.25, 0.3) is 11.0 Å². The van der Waals surface area contributed by atoms with Crippen molar-refractivity contribution in [3.05, 3.63) is 59.9 Å². The summed E-state index contributed by atoms with van der Waals surface area (Å²) in [6.45, 7) is 8.66. The van der Waals surface area contributed by atoms with Crippen molar-refractivity contribution in [1.29, 1.82) is 0 Å². The van der Waals surface area contributed by atoms with Gasteiger partial charge in [0.25, 0.3) is 0 Å². The van der Waals surface area contributed by atoms with Gasteiger partial charge in [-0.2, -0.15) is 0 Å². The lowest BCUT2D eigenvalue weighted by Crippen LogP contribution is -2.25. The van der Waals surface area contributed by atoms with Crippen LogP contribution in [0, 0.1) is 0 Å². The van der Waals surface area contributed by atoms with Gasteiger partial charge in [-0.15, -0.1) is 0 Å². The van der Waals surface area contributed by atoms with E-state index < -0.39 is 12.2 Å². The quantitative estimate of drug-likeness (QED) is 0.694. The minimum absolute atomic E-state index is 0.0952. The van der Waals surface area contributed by atoms with Crippen LogP contribution >= 0.6 is 0 Å². The molecule has 1 aromatic heterocycles. The summed E-state index contributed by atoms with van der Waals surface area (Å²) >= 11 is 0. The van der Waals surface area contributed by atoms with Crippen LogP contribution in [-0.4, -0.2) is 32.5 Å². The van der Waals surface area contributed by atoms with Gasteiger partial charge in [0, 0.05) is 0 Å². The number of imidazole rings is 1. The van der Waals surface area contributed by atoms with Crippen LogP contribution < -0.4 is 4.74 Å². The maximum absolute atomic E-state index is 10.5. The summed E-state index contributed by atoms with van der Waals surface area (Å²) < 4.78 is 7.61. The Morgan fingerprint density at radius 3 is 2.33 bits per heavy atom. The molecule has 3 aromatic rings. The van der Waals surface area contributed by atoms with Gasteiger partial charge >= 0.3 is 0 Å². The average Bonchev–Trinajstić information content (AvgIpc) is 2.98. The van der Waals surface area contributed by atoms with E-state index in [4.69, 9.17) is 4.74 Å². The fourth-order valence-corrected chi connectivity index (χ4v) is 3.11. The number of hydrogen-bond donors (Lipinski definition) is 2. The molecule has 2 atom stereocenters. The van der Waals surface area contributed by atoms with Crippen molar-refractivity contribution >= 4 is 11.0 Å². The van der Waals surface area contributed by atoms with E-state index in [0.29, 0.717) is 12.4 Å². The third kappa shape index (κ3) is 4.49. The number of ether oxygens (including phenoxy) is 1. The number of fused-ring (bicyclic) bond motifs is 1. The first-order chi connectivity index (χ1) is 12.8. The number of aliphatic hydroxyl groups is 2. The Kier molecular flexibility index (Phi) is 5.53. The molecule has 0 radical (unpaired) electrons. The fraction of sp³-hybridized carbons (Fsp3) is 0.409. The van der Waals surface area contributed by atoms with E-state index in [1.54, 1.807) is 6.92 Å². The molecule has 0 aliphatic rings. The zero-order chi connectivity index (χ0) is 19.6. The van der Waals surface area contributed by atoms with E-state index in [9.17, 15) is 10.2 Å². The van der Waals surface area contributed by atoms with Gasteiger partial charge in [-0.25, -0.2) is 4.98 Å². The molecule has 1 heterocycles. The zero-order valence-electron chi connectivity index (χ0n) is 16.4. The third-order valence-electron chi connectivity index (χ3n) is 4.61. The van der Waals surface area contributed by atoms with Gasteiger partial charge in [0.2, 0.25) is 0 Å². The van der Waals surface area contributed by atoms with Crippen molar-refractivity contribution in [1.82, 2.24) is 9.55 Å². The maximum Gasteiger partial charge on any atom is 0.138 e. The van der Waals surface area contributed by atoms with Crippen molar-refractivity contribution in [3.63, 3.8) is 0 Å². The molecule has 144 valence electrons. The Morgan fingerprint density at radius 2 is 1.70 bits per heavy atom. The number of aromatic nitrogens is 2. The standard InChI is InChI=1S/C22H28N2O3/c1-15(25)21-23-19-7-5-6-8-20(19)24(21)13-17(26)14-27-18-11-9-16(10-12-18)22(2,3)4/h5-12,15,17,25-26H,13-14H2,1-4H3/t15-,17+/m0/s1.